The van der Waals surface area contributed by atoms with Crippen LogP contribution in [-0.4, -0.2) is 34.0 Å². The summed E-state index contributed by atoms with van der Waals surface area (Å²) < 4.78 is 11.9. The lowest BCUT2D eigenvalue weighted by molar-refractivity contribution is -0.136. The van der Waals surface area contributed by atoms with Gasteiger partial charge in [-0.05, 0) is 62.4 Å². The quantitative estimate of drug-likeness (QED) is 0.246. The van der Waals surface area contributed by atoms with Crippen LogP contribution in [0.25, 0.3) is 0 Å². The molecule has 152 valence electrons. The van der Waals surface area contributed by atoms with Crippen LogP contribution in [-0.2, 0) is 9.22 Å². The van der Waals surface area contributed by atoms with Crippen molar-refractivity contribution in [2.24, 2.45) is 0 Å². The molecule has 0 aromatic heterocycles. The molecule has 1 aliphatic rings. The maximum atomic E-state index is 12.1. The van der Waals surface area contributed by atoms with Gasteiger partial charge in [-0.15, -0.1) is 0 Å². The molecule has 1 aromatic carbocycles. The number of carbonyl (C=O) groups excluding carboxylic acids is 1. The summed E-state index contributed by atoms with van der Waals surface area (Å²) in [7, 11) is -1.70. The van der Waals surface area contributed by atoms with Crippen LogP contribution in [0.4, 0.5) is 5.69 Å². The van der Waals surface area contributed by atoms with Crippen molar-refractivity contribution in [3.63, 3.8) is 0 Å². The number of rotatable bonds is 8. The molecular weight excluding hydrogens is 354 g/mol. The molecule has 0 amide bonds. The average molecular weight is 392 g/mol. The van der Waals surface area contributed by atoms with Gasteiger partial charge in [-0.3, -0.25) is 4.79 Å². The third kappa shape index (κ3) is 5.35. The van der Waals surface area contributed by atoms with E-state index < -0.39 is 8.32 Å². The molecular formula is C22H37NO3Si. The highest BCUT2D eigenvalue weighted by molar-refractivity contribution is 6.74. The maximum Gasteiger partial charge on any atom is 0.311 e. The Bertz CT molecular complexity index is 647. The van der Waals surface area contributed by atoms with Gasteiger partial charge < -0.3 is 14.1 Å². The molecule has 2 rings (SSSR count). The molecule has 0 aliphatic carbocycles. The zero-order valence-corrected chi connectivity index (χ0v) is 19.2. The number of nitrogens with zero attached hydrogens (tertiary/aromatic N) is 1. The van der Waals surface area contributed by atoms with E-state index in [0.29, 0.717) is 6.42 Å². The third-order valence-corrected chi connectivity index (χ3v) is 10.7. The monoisotopic (exact) mass is 391 g/mol. The first-order valence-electron chi connectivity index (χ1n) is 10.3. The third-order valence-electron chi connectivity index (χ3n) is 6.17. The van der Waals surface area contributed by atoms with E-state index in [1.54, 1.807) is 0 Å². The lowest BCUT2D eigenvalue weighted by Crippen LogP contribution is -2.41. The summed E-state index contributed by atoms with van der Waals surface area (Å²) >= 11 is 0. The molecule has 5 heteroatoms. The molecule has 4 nitrogen and oxygen atoms in total. The van der Waals surface area contributed by atoms with Gasteiger partial charge in [-0.25, -0.2) is 0 Å². The first kappa shape index (κ1) is 22.0. The number of esters is 1. The SMILES string of the molecule is CCN(CC)c1ccc2c(c1)OC(=O)CC2CCCO[Si](C)(C)C(C)(C)C. The molecule has 1 unspecified atom stereocenters. The van der Waals surface area contributed by atoms with Gasteiger partial charge in [-0.2, -0.15) is 0 Å². The minimum Gasteiger partial charge on any atom is -0.426 e. The summed E-state index contributed by atoms with van der Waals surface area (Å²) in [6, 6.07) is 6.33. The Balaban J connectivity index is 2.03. The highest BCUT2D eigenvalue weighted by Gasteiger charge is 2.37. The summed E-state index contributed by atoms with van der Waals surface area (Å²) in [6.45, 7) is 18.3. The Morgan fingerprint density at radius 3 is 2.48 bits per heavy atom. The number of fused-ring (bicyclic) bond motifs is 1. The molecule has 0 N–H and O–H groups in total. The van der Waals surface area contributed by atoms with Crippen molar-refractivity contribution < 1.29 is 14.0 Å². The smallest absolute Gasteiger partial charge is 0.311 e. The number of ether oxygens (including phenoxy) is 1. The van der Waals surface area contributed by atoms with E-state index in [9.17, 15) is 4.79 Å². The van der Waals surface area contributed by atoms with Crippen molar-refractivity contribution in [2.75, 3.05) is 24.6 Å². The zero-order chi connectivity index (χ0) is 20.2. The van der Waals surface area contributed by atoms with Crippen LogP contribution < -0.4 is 9.64 Å². The summed E-state index contributed by atoms with van der Waals surface area (Å²) in [4.78, 5) is 14.4. The van der Waals surface area contributed by atoms with Crippen molar-refractivity contribution in [2.45, 2.75) is 77.9 Å². The molecule has 0 saturated heterocycles. The Morgan fingerprint density at radius 1 is 1.22 bits per heavy atom. The second kappa shape index (κ2) is 8.78. The largest absolute Gasteiger partial charge is 0.426 e. The minimum absolute atomic E-state index is 0.116. The van der Waals surface area contributed by atoms with E-state index in [1.807, 2.05) is 6.07 Å². The molecule has 0 fully saturated rings. The van der Waals surface area contributed by atoms with Crippen LogP contribution in [0, 0.1) is 0 Å². The average Bonchev–Trinajstić information content (AvgIpc) is 2.58. The molecule has 0 saturated carbocycles. The highest BCUT2D eigenvalue weighted by Crippen LogP contribution is 2.40. The van der Waals surface area contributed by atoms with Crippen LogP contribution in [0.5, 0.6) is 5.75 Å². The van der Waals surface area contributed by atoms with E-state index in [2.05, 4.69) is 64.7 Å². The van der Waals surface area contributed by atoms with Crippen LogP contribution in [0.3, 0.4) is 0 Å². The topological polar surface area (TPSA) is 38.8 Å². The first-order chi connectivity index (χ1) is 12.6. The van der Waals surface area contributed by atoms with Crippen molar-refractivity contribution in [3.8, 4) is 5.75 Å². The summed E-state index contributed by atoms with van der Waals surface area (Å²) in [5, 5.41) is 0.231. The van der Waals surface area contributed by atoms with Crippen molar-refractivity contribution in [1.29, 1.82) is 0 Å². The van der Waals surface area contributed by atoms with Gasteiger partial charge in [0.05, 0.1) is 6.42 Å². The molecule has 27 heavy (non-hydrogen) atoms. The second-order valence-electron chi connectivity index (χ2n) is 9.02. The molecule has 0 radical (unpaired) electrons. The van der Waals surface area contributed by atoms with Crippen LogP contribution in [0.15, 0.2) is 18.2 Å². The standard InChI is InChI=1S/C22H37NO3Si/c1-8-23(9-2)18-12-13-19-17(15-21(24)26-20(19)16-18)11-10-14-25-27(6,7)22(3,4)5/h12-13,16-17H,8-11,14-15H2,1-7H3. The van der Waals surface area contributed by atoms with E-state index in [-0.39, 0.29) is 16.9 Å². The fraction of sp³-hybridized carbons (Fsp3) is 0.682. The van der Waals surface area contributed by atoms with Crippen molar-refractivity contribution in [1.82, 2.24) is 0 Å². The second-order valence-corrected chi connectivity index (χ2v) is 13.8. The molecule has 1 atom stereocenters. The van der Waals surface area contributed by atoms with Crippen LogP contribution >= 0.6 is 0 Å². The molecule has 1 aliphatic heterocycles. The van der Waals surface area contributed by atoms with Gasteiger partial charge in [0.15, 0.2) is 8.32 Å². The van der Waals surface area contributed by atoms with E-state index in [1.165, 1.54) is 0 Å². The van der Waals surface area contributed by atoms with Gasteiger partial charge in [0.2, 0.25) is 0 Å². The fourth-order valence-corrected chi connectivity index (χ4v) is 4.43. The number of benzene rings is 1. The predicted octanol–water partition coefficient (Wildman–Crippen LogP) is 5.73. The lowest BCUT2D eigenvalue weighted by Gasteiger charge is -2.36. The van der Waals surface area contributed by atoms with E-state index in [4.69, 9.17) is 9.16 Å². The molecule has 0 spiro atoms. The summed E-state index contributed by atoms with van der Waals surface area (Å²) in [5.74, 6) is 0.857. The van der Waals surface area contributed by atoms with Gasteiger partial charge >= 0.3 is 5.97 Å². The normalized spacial score (nSPS) is 17.4. The predicted molar refractivity (Wildman–Crippen MR) is 115 cm³/mol. The number of anilines is 1. The van der Waals surface area contributed by atoms with Crippen molar-refractivity contribution >= 4 is 20.0 Å². The maximum absolute atomic E-state index is 12.1. The lowest BCUT2D eigenvalue weighted by atomic mass is 9.88. The van der Waals surface area contributed by atoms with Crippen LogP contribution in [0.2, 0.25) is 18.1 Å². The number of hydrogen-bond acceptors (Lipinski definition) is 4. The van der Waals surface area contributed by atoms with Crippen molar-refractivity contribution in [3.05, 3.63) is 23.8 Å². The van der Waals surface area contributed by atoms with Crippen LogP contribution in [0.1, 0.15) is 65.4 Å². The number of carbonyl (C=O) groups is 1. The van der Waals surface area contributed by atoms with Gasteiger partial charge in [0.25, 0.3) is 0 Å². The van der Waals surface area contributed by atoms with Gasteiger partial charge in [-0.1, -0.05) is 26.8 Å². The molecule has 1 aromatic rings. The molecule has 0 bridgehead atoms. The Morgan fingerprint density at radius 2 is 1.89 bits per heavy atom. The molecule has 1 heterocycles. The van der Waals surface area contributed by atoms with E-state index in [0.717, 1.165) is 49.5 Å². The van der Waals surface area contributed by atoms with Gasteiger partial charge in [0.1, 0.15) is 5.75 Å². The van der Waals surface area contributed by atoms with Gasteiger partial charge in [0, 0.05) is 31.5 Å². The summed E-state index contributed by atoms with van der Waals surface area (Å²) in [6.07, 6.45) is 2.40. The number of hydrogen-bond donors (Lipinski definition) is 0. The minimum atomic E-state index is -1.70. The highest BCUT2D eigenvalue weighted by atomic mass is 28.4. The van der Waals surface area contributed by atoms with E-state index >= 15 is 0 Å². The Labute approximate surface area is 166 Å². The Hall–Kier alpha value is -1.33. The fourth-order valence-electron chi connectivity index (χ4n) is 3.34. The Kier molecular flexibility index (Phi) is 7.14. The first-order valence-corrected chi connectivity index (χ1v) is 13.2. The summed E-state index contributed by atoms with van der Waals surface area (Å²) in [5.41, 5.74) is 2.28. The zero-order valence-electron chi connectivity index (χ0n) is 18.2.